The topological polar surface area (TPSA) is 146 Å². The Bertz CT molecular complexity index is 517. The molecule has 0 amide bonds. The molecule has 4 saturated carbocycles. The van der Waals surface area contributed by atoms with Crippen molar-refractivity contribution in [3.05, 3.63) is 31.3 Å². The molecule has 0 saturated heterocycles. The van der Waals surface area contributed by atoms with Crippen molar-refractivity contribution in [3.8, 4) is 0 Å². The van der Waals surface area contributed by atoms with Crippen molar-refractivity contribution < 1.29 is 0 Å². The molecule has 0 heterocycles. The van der Waals surface area contributed by atoms with Gasteiger partial charge in [-0.2, -0.15) is 0 Å². The minimum Gasteiger partial charge on any atom is -0.0864 e. The monoisotopic (exact) mass is 259 g/mol. The maximum absolute atomic E-state index is 8.88. The van der Waals surface area contributed by atoms with Crippen LogP contribution in [0.15, 0.2) is 15.3 Å². The summed E-state index contributed by atoms with van der Waals surface area (Å²) in [4.78, 5) is 8.70. The third kappa shape index (κ3) is 1.40. The van der Waals surface area contributed by atoms with Crippen LogP contribution in [0, 0.1) is 17.8 Å². The first-order valence-corrected chi connectivity index (χ1v) is 6.38. The predicted molar refractivity (Wildman–Crippen MR) is 66.5 cm³/mol. The van der Waals surface area contributed by atoms with Crippen LogP contribution in [0.1, 0.15) is 32.1 Å². The first kappa shape index (κ1) is 12.0. The number of hydrogen-bond donors (Lipinski definition) is 0. The van der Waals surface area contributed by atoms with E-state index in [0.29, 0.717) is 24.7 Å². The molecule has 0 aromatic carbocycles. The normalized spacial score (nSPS) is 45.8. The molecule has 98 valence electrons. The van der Waals surface area contributed by atoms with Crippen LogP contribution in [0.5, 0.6) is 0 Å². The van der Waals surface area contributed by atoms with Gasteiger partial charge in [-0.3, -0.25) is 0 Å². The summed E-state index contributed by atoms with van der Waals surface area (Å²) < 4.78 is 0. The molecule has 9 nitrogen and oxygen atoms in total. The van der Waals surface area contributed by atoms with Gasteiger partial charge in [0.2, 0.25) is 0 Å². The van der Waals surface area contributed by atoms with Gasteiger partial charge in [-0.05, 0) is 66.5 Å². The third-order valence-corrected chi connectivity index (χ3v) is 5.04. The third-order valence-electron chi connectivity index (χ3n) is 5.04. The second kappa shape index (κ2) is 3.96. The minimum atomic E-state index is -1.25. The van der Waals surface area contributed by atoms with Crippen LogP contribution in [0.3, 0.4) is 0 Å². The van der Waals surface area contributed by atoms with Gasteiger partial charge in [0.15, 0.2) is 0 Å². The molecular formula is C10H13N9. The standard InChI is InChI=1S/C10H13N9/c11-17-14-9-4-6-1-7(5-9)3-8(2-6)10(9,15-18-12)16-19-13/h6-8H,1-5H2. The van der Waals surface area contributed by atoms with Gasteiger partial charge < -0.3 is 0 Å². The van der Waals surface area contributed by atoms with E-state index >= 15 is 0 Å². The lowest BCUT2D eigenvalue weighted by molar-refractivity contribution is -0.0696. The largest absolute Gasteiger partial charge is 0.141 e. The number of hydrogen-bond acceptors (Lipinski definition) is 3. The fourth-order valence-corrected chi connectivity index (χ4v) is 4.69. The average Bonchev–Trinajstić information content (AvgIpc) is 2.35. The molecule has 0 aliphatic heterocycles. The maximum Gasteiger partial charge on any atom is 0.141 e. The van der Waals surface area contributed by atoms with Crippen LogP contribution in [0.4, 0.5) is 0 Å². The Morgan fingerprint density at radius 1 is 0.789 bits per heavy atom. The molecule has 0 aromatic heterocycles. The molecule has 4 aliphatic carbocycles. The van der Waals surface area contributed by atoms with Gasteiger partial charge in [0.05, 0.1) is 5.54 Å². The summed E-state index contributed by atoms with van der Waals surface area (Å²) in [5.74, 6) is 0.967. The van der Waals surface area contributed by atoms with E-state index in [1.54, 1.807) is 0 Å². The van der Waals surface area contributed by atoms with Gasteiger partial charge in [-0.1, -0.05) is 15.3 Å². The van der Waals surface area contributed by atoms with Crippen LogP contribution in [-0.4, -0.2) is 11.2 Å². The van der Waals surface area contributed by atoms with Crippen molar-refractivity contribution >= 4 is 0 Å². The second-order valence-corrected chi connectivity index (χ2v) is 5.87. The van der Waals surface area contributed by atoms with Crippen molar-refractivity contribution in [1.82, 2.24) is 0 Å². The maximum atomic E-state index is 8.88. The molecule has 4 fully saturated rings. The molecule has 4 rings (SSSR count). The first-order chi connectivity index (χ1) is 9.19. The summed E-state index contributed by atoms with van der Waals surface area (Å²) in [6.45, 7) is 0. The van der Waals surface area contributed by atoms with E-state index < -0.39 is 11.2 Å². The number of nitrogens with zero attached hydrogens (tertiary/aromatic N) is 9. The van der Waals surface area contributed by atoms with Gasteiger partial charge in [-0.25, -0.2) is 0 Å². The SMILES string of the molecule is [N-]=[N+]=NC12CC3CC(CC(C3)C1(N=[N+]=[N-])N=[N+]=[N-])C2. The van der Waals surface area contributed by atoms with Crippen molar-refractivity contribution in [2.24, 2.45) is 33.1 Å². The van der Waals surface area contributed by atoms with Crippen molar-refractivity contribution in [2.75, 3.05) is 0 Å². The lowest BCUT2D eigenvalue weighted by atomic mass is 9.48. The number of azide groups is 2. The Morgan fingerprint density at radius 2 is 1.32 bits per heavy atom. The molecule has 0 radical (unpaired) electrons. The van der Waals surface area contributed by atoms with Crippen molar-refractivity contribution in [1.29, 1.82) is 0 Å². The van der Waals surface area contributed by atoms with Crippen LogP contribution in [-0.2, 0) is 0 Å². The minimum absolute atomic E-state index is 0.00366. The Morgan fingerprint density at radius 3 is 1.79 bits per heavy atom. The van der Waals surface area contributed by atoms with E-state index in [0.717, 1.165) is 19.3 Å². The fourth-order valence-electron chi connectivity index (χ4n) is 4.69. The smallest absolute Gasteiger partial charge is 0.0864 e. The molecule has 2 atom stereocenters. The van der Waals surface area contributed by atoms with Crippen LogP contribution in [0.25, 0.3) is 31.3 Å². The Hall–Kier alpha value is -2.07. The van der Waals surface area contributed by atoms with Crippen molar-refractivity contribution in [2.45, 2.75) is 43.3 Å². The summed E-state index contributed by atoms with van der Waals surface area (Å²) in [5.41, 5.74) is 24.5. The van der Waals surface area contributed by atoms with E-state index in [-0.39, 0.29) is 5.92 Å². The molecular weight excluding hydrogens is 246 g/mol. The summed E-state index contributed by atoms with van der Waals surface area (Å²) >= 11 is 0. The van der Waals surface area contributed by atoms with Gasteiger partial charge in [0.25, 0.3) is 0 Å². The Kier molecular flexibility index (Phi) is 2.50. The molecule has 0 N–H and O–H groups in total. The summed E-state index contributed by atoms with van der Waals surface area (Å²) in [6, 6.07) is 0. The van der Waals surface area contributed by atoms with Crippen LogP contribution < -0.4 is 0 Å². The average molecular weight is 259 g/mol. The Balaban J connectivity index is 2.22. The van der Waals surface area contributed by atoms with Gasteiger partial charge in [0, 0.05) is 14.7 Å². The summed E-state index contributed by atoms with van der Waals surface area (Å²) in [7, 11) is 0. The Labute approximate surface area is 108 Å². The van der Waals surface area contributed by atoms with Crippen LogP contribution >= 0.6 is 0 Å². The summed E-state index contributed by atoms with van der Waals surface area (Å²) in [6.07, 6.45) is 4.22. The lowest BCUT2D eigenvalue weighted by Gasteiger charge is -2.62. The van der Waals surface area contributed by atoms with E-state index in [1.165, 1.54) is 0 Å². The highest BCUT2D eigenvalue weighted by Gasteiger charge is 2.65. The molecule has 0 aromatic rings. The molecule has 2 unspecified atom stereocenters. The van der Waals surface area contributed by atoms with Gasteiger partial charge in [-0.15, -0.1) is 0 Å². The van der Waals surface area contributed by atoms with E-state index in [2.05, 4.69) is 30.1 Å². The zero-order chi connectivity index (χ0) is 13.5. The number of rotatable bonds is 3. The van der Waals surface area contributed by atoms with Gasteiger partial charge in [0.1, 0.15) is 5.66 Å². The first-order valence-electron chi connectivity index (χ1n) is 6.38. The van der Waals surface area contributed by atoms with Crippen molar-refractivity contribution in [3.63, 3.8) is 0 Å². The van der Waals surface area contributed by atoms with Crippen LogP contribution in [0.2, 0.25) is 0 Å². The lowest BCUT2D eigenvalue weighted by Crippen LogP contribution is -2.65. The van der Waals surface area contributed by atoms with Gasteiger partial charge >= 0.3 is 0 Å². The molecule has 4 aliphatic rings. The highest BCUT2D eigenvalue weighted by Crippen LogP contribution is 2.63. The highest BCUT2D eigenvalue weighted by atomic mass is 15.4. The quantitative estimate of drug-likeness (QED) is 0.406. The summed E-state index contributed by atoms with van der Waals surface area (Å²) in [5, 5.41) is 11.6. The fraction of sp³-hybridized carbons (Fsp3) is 1.00. The predicted octanol–water partition coefficient (Wildman–Crippen LogP) is 4.19. The van der Waals surface area contributed by atoms with E-state index in [1.807, 2.05) is 0 Å². The van der Waals surface area contributed by atoms with E-state index in [4.69, 9.17) is 16.6 Å². The highest BCUT2D eigenvalue weighted by molar-refractivity contribution is 5.22. The zero-order valence-electron chi connectivity index (χ0n) is 10.3. The molecule has 4 bridgehead atoms. The zero-order valence-corrected chi connectivity index (χ0v) is 10.3. The van der Waals surface area contributed by atoms with E-state index in [9.17, 15) is 0 Å². The molecule has 19 heavy (non-hydrogen) atoms. The second-order valence-electron chi connectivity index (χ2n) is 5.87. The molecule has 0 spiro atoms. The molecule has 9 heteroatoms.